The molecule has 1 N–H and O–H groups in total. The molecule has 0 amide bonds. The lowest BCUT2D eigenvalue weighted by Gasteiger charge is -2.23. The van der Waals surface area contributed by atoms with Gasteiger partial charge < -0.3 is 18.7 Å². The molecular weight excluding hydrogens is 629 g/mol. The van der Waals surface area contributed by atoms with E-state index in [-0.39, 0.29) is 6.17 Å². The van der Waals surface area contributed by atoms with Gasteiger partial charge >= 0.3 is 0 Å². The highest BCUT2D eigenvalue weighted by Crippen LogP contribution is 2.42. The lowest BCUT2D eigenvalue weighted by Crippen LogP contribution is -2.33. The molecule has 0 saturated carbocycles. The fourth-order valence-electron chi connectivity index (χ4n) is 7.73. The Labute approximate surface area is 291 Å². The summed E-state index contributed by atoms with van der Waals surface area (Å²) in [6, 6.07) is 54.3. The molecule has 0 saturated heterocycles. The summed E-state index contributed by atoms with van der Waals surface area (Å²) >= 11 is 0. The van der Waals surface area contributed by atoms with Crippen LogP contribution in [-0.2, 0) is 0 Å². The van der Waals surface area contributed by atoms with Crippen molar-refractivity contribution in [2.45, 2.75) is 6.17 Å². The first-order valence-corrected chi connectivity index (χ1v) is 17.1. The monoisotopic (exact) mass is 656 g/mol. The van der Waals surface area contributed by atoms with Gasteiger partial charge in [-0.2, -0.15) is 0 Å². The van der Waals surface area contributed by atoms with Gasteiger partial charge in [0.2, 0.25) is 0 Å². The second-order valence-electron chi connectivity index (χ2n) is 13.0. The molecule has 0 bridgehead atoms. The Balaban J connectivity index is 1.13. The van der Waals surface area contributed by atoms with Gasteiger partial charge in [0, 0.05) is 38.1 Å². The van der Waals surface area contributed by atoms with Crippen molar-refractivity contribution in [1.82, 2.24) is 9.88 Å². The fraction of sp³-hybridized carbons (Fsp3) is 0.0222. The zero-order chi connectivity index (χ0) is 33.5. The van der Waals surface area contributed by atoms with E-state index in [1.807, 2.05) is 48.5 Å². The van der Waals surface area contributed by atoms with E-state index < -0.39 is 0 Å². The molecule has 11 rings (SSSR count). The normalized spacial score (nSPS) is 14.9. The summed E-state index contributed by atoms with van der Waals surface area (Å²) in [6.07, 6.45) is -0.285. The van der Waals surface area contributed by atoms with E-state index in [1.165, 1.54) is 10.8 Å². The summed E-state index contributed by atoms with van der Waals surface area (Å²) < 4.78 is 15.7. The highest BCUT2D eigenvalue weighted by molar-refractivity contribution is 6.24. The van der Waals surface area contributed by atoms with Crippen LogP contribution in [0.5, 0.6) is 0 Å². The van der Waals surface area contributed by atoms with Gasteiger partial charge in [0.15, 0.2) is 11.4 Å². The van der Waals surface area contributed by atoms with Gasteiger partial charge in [-0.05, 0) is 54.1 Å². The second kappa shape index (κ2) is 10.8. The first-order valence-electron chi connectivity index (χ1n) is 17.1. The third-order valence-corrected chi connectivity index (χ3v) is 10.1. The number of furan rings is 2. The van der Waals surface area contributed by atoms with E-state index >= 15 is 0 Å². The lowest BCUT2D eigenvalue weighted by atomic mass is 10.0. The number of nitrogens with zero attached hydrogens (tertiary/aromatic N) is 3. The smallest absolute Gasteiger partial charge is 0.159 e. The van der Waals surface area contributed by atoms with Gasteiger partial charge in [0.05, 0.1) is 22.1 Å². The number of aromatic nitrogens is 1. The number of hydrogen-bond acceptors (Lipinski definition) is 5. The van der Waals surface area contributed by atoms with Crippen LogP contribution >= 0.6 is 0 Å². The summed E-state index contributed by atoms with van der Waals surface area (Å²) in [4.78, 5) is 10.2. The third-order valence-electron chi connectivity index (χ3n) is 10.1. The Kier molecular flexibility index (Phi) is 5.92. The number of amidine groups is 2. The third kappa shape index (κ3) is 4.23. The van der Waals surface area contributed by atoms with Crippen LogP contribution in [0.1, 0.15) is 22.9 Å². The zero-order valence-corrected chi connectivity index (χ0v) is 27.2. The number of benzene rings is 7. The molecule has 10 aromatic rings. The topological polar surface area (TPSA) is 68.0 Å². The molecule has 6 heteroatoms. The minimum Gasteiger partial charge on any atom is -0.456 e. The van der Waals surface area contributed by atoms with Crippen molar-refractivity contribution in [3.05, 3.63) is 174 Å². The van der Waals surface area contributed by atoms with Crippen LogP contribution in [-0.4, -0.2) is 16.2 Å². The van der Waals surface area contributed by atoms with E-state index in [4.69, 9.17) is 18.8 Å². The molecule has 1 aliphatic heterocycles. The Morgan fingerprint density at radius 1 is 0.510 bits per heavy atom. The molecule has 0 spiro atoms. The Hall–Kier alpha value is -6.92. The van der Waals surface area contributed by atoms with Crippen molar-refractivity contribution >= 4 is 77.4 Å². The number of hydrogen-bond donors (Lipinski definition) is 1. The molecule has 7 aromatic carbocycles. The quantitative estimate of drug-likeness (QED) is 0.205. The minimum absolute atomic E-state index is 0.285. The van der Waals surface area contributed by atoms with Gasteiger partial charge in [-0.3, -0.25) is 0 Å². The van der Waals surface area contributed by atoms with Crippen LogP contribution in [0, 0.1) is 0 Å². The summed E-state index contributed by atoms with van der Waals surface area (Å²) in [5, 5.41) is 9.98. The van der Waals surface area contributed by atoms with Crippen molar-refractivity contribution < 1.29 is 8.83 Å². The van der Waals surface area contributed by atoms with Crippen LogP contribution in [0.25, 0.3) is 71.4 Å². The molecule has 0 radical (unpaired) electrons. The zero-order valence-electron chi connectivity index (χ0n) is 27.2. The second-order valence-corrected chi connectivity index (χ2v) is 13.0. The Bertz CT molecular complexity index is 3000. The highest BCUT2D eigenvalue weighted by Gasteiger charge is 2.24. The largest absolute Gasteiger partial charge is 0.456 e. The van der Waals surface area contributed by atoms with E-state index in [0.29, 0.717) is 5.84 Å². The summed E-state index contributed by atoms with van der Waals surface area (Å²) in [5.41, 5.74) is 9.45. The molecule has 0 aliphatic carbocycles. The average Bonchev–Trinajstić information content (AvgIpc) is 3.88. The number of para-hydroxylation sites is 3. The number of aliphatic imine (C=N–C) groups is 2. The number of rotatable bonds is 4. The van der Waals surface area contributed by atoms with E-state index in [9.17, 15) is 0 Å². The predicted molar refractivity (Wildman–Crippen MR) is 207 cm³/mol. The minimum atomic E-state index is -0.285. The molecule has 4 heterocycles. The van der Waals surface area contributed by atoms with E-state index in [0.717, 1.165) is 83.1 Å². The van der Waals surface area contributed by atoms with Gasteiger partial charge in [-0.15, -0.1) is 0 Å². The van der Waals surface area contributed by atoms with Crippen LogP contribution < -0.4 is 5.32 Å². The van der Waals surface area contributed by atoms with Crippen molar-refractivity contribution in [2.24, 2.45) is 9.98 Å². The summed E-state index contributed by atoms with van der Waals surface area (Å²) in [5.74, 6) is 1.44. The highest BCUT2D eigenvalue weighted by atomic mass is 16.3. The molecule has 0 fully saturated rings. The maximum Gasteiger partial charge on any atom is 0.159 e. The molecule has 240 valence electrons. The first kappa shape index (κ1) is 28.0. The molecule has 6 nitrogen and oxygen atoms in total. The van der Waals surface area contributed by atoms with Crippen LogP contribution in [0.3, 0.4) is 0 Å². The number of fused-ring (bicyclic) bond motifs is 10. The van der Waals surface area contributed by atoms with E-state index in [1.54, 1.807) is 0 Å². The van der Waals surface area contributed by atoms with Gasteiger partial charge in [0.1, 0.15) is 28.8 Å². The Morgan fingerprint density at radius 2 is 1.18 bits per heavy atom. The molecule has 1 unspecified atom stereocenters. The predicted octanol–water partition coefficient (Wildman–Crippen LogP) is 11.1. The molecular formula is C45H28N4O2. The molecule has 1 aliphatic rings. The molecule has 1 atom stereocenters. The lowest BCUT2D eigenvalue weighted by molar-refractivity contribution is 0.661. The van der Waals surface area contributed by atoms with Crippen LogP contribution in [0.15, 0.2) is 177 Å². The van der Waals surface area contributed by atoms with Crippen LogP contribution in [0.4, 0.5) is 0 Å². The summed E-state index contributed by atoms with van der Waals surface area (Å²) in [6.45, 7) is 0. The van der Waals surface area contributed by atoms with Crippen molar-refractivity contribution in [3.63, 3.8) is 0 Å². The maximum absolute atomic E-state index is 6.97. The SMILES string of the molecule is c1ccc(C2=NC(c3ccc4oc5ccc6c7cccc(-n8c9ccccc9c9ccccc98)c7oc6c5c4c3)=NC(c3ccccc3)N2)cc1. The van der Waals surface area contributed by atoms with Gasteiger partial charge in [-0.1, -0.05) is 109 Å². The molecule has 51 heavy (non-hydrogen) atoms. The van der Waals surface area contributed by atoms with Crippen molar-refractivity contribution in [1.29, 1.82) is 0 Å². The average molecular weight is 657 g/mol. The van der Waals surface area contributed by atoms with Crippen molar-refractivity contribution in [3.8, 4) is 5.69 Å². The fourth-order valence-corrected chi connectivity index (χ4v) is 7.73. The standard InChI is InChI=1S/C45H28N4O2/c1-3-12-27(13-4-1)43-46-44(28-14-5-2-6-15-28)48-45(47-43)29-22-24-38-34(26-29)40-39(50-38)25-23-33-32-18-11-21-37(41(32)51-42(33)40)49-35-19-9-7-16-30(35)31-17-8-10-20-36(31)49/h1-26,43H,(H,46,47,48). The van der Waals surface area contributed by atoms with E-state index in [2.05, 4.69) is 119 Å². The van der Waals surface area contributed by atoms with Gasteiger partial charge in [0.25, 0.3) is 0 Å². The Morgan fingerprint density at radius 3 is 1.96 bits per heavy atom. The maximum atomic E-state index is 6.97. The van der Waals surface area contributed by atoms with Crippen molar-refractivity contribution in [2.75, 3.05) is 0 Å². The number of nitrogens with one attached hydrogen (secondary N) is 1. The van der Waals surface area contributed by atoms with Crippen LogP contribution in [0.2, 0.25) is 0 Å². The molecule has 3 aromatic heterocycles. The summed E-state index contributed by atoms with van der Waals surface area (Å²) in [7, 11) is 0. The first-order chi connectivity index (χ1) is 25.3. The van der Waals surface area contributed by atoms with Gasteiger partial charge in [-0.25, -0.2) is 9.98 Å².